The van der Waals surface area contributed by atoms with Gasteiger partial charge in [-0.3, -0.25) is 0 Å². The van der Waals surface area contributed by atoms with E-state index in [1.165, 1.54) is 0 Å². The molecule has 0 bridgehead atoms. The first-order valence-corrected chi connectivity index (χ1v) is 4.14. The standard InChI is InChI=1S/C8H8Cl2.ClH/c9-5-7-3-1-2-4-8(7)6-10;/h1-4H,5-6H2;1H. The first-order valence-electron chi connectivity index (χ1n) is 3.07. The van der Waals surface area contributed by atoms with Crippen LogP contribution in [-0.4, -0.2) is 0 Å². The summed E-state index contributed by atoms with van der Waals surface area (Å²) >= 11 is 11.3. The van der Waals surface area contributed by atoms with E-state index < -0.39 is 0 Å². The Morgan fingerprint density at radius 2 is 1.27 bits per heavy atom. The molecule has 1 rings (SSSR count). The van der Waals surface area contributed by atoms with Gasteiger partial charge in [-0.15, -0.1) is 35.6 Å². The summed E-state index contributed by atoms with van der Waals surface area (Å²) in [5.74, 6) is 1.09. The quantitative estimate of drug-likeness (QED) is 0.656. The third kappa shape index (κ3) is 2.90. The predicted octanol–water partition coefficient (Wildman–Crippen LogP) is 3.59. The van der Waals surface area contributed by atoms with Gasteiger partial charge in [0.1, 0.15) is 0 Å². The molecule has 11 heavy (non-hydrogen) atoms. The van der Waals surface area contributed by atoms with Crippen molar-refractivity contribution in [2.45, 2.75) is 11.8 Å². The van der Waals surface area contributed by atoms with Gasteiger partial charge in [-0.25, -0.2) is 0 Å². The largest absolute Gasteiger partial charge is 0.147 e. The lowest BCUT2D eigenvalue weighted by molar-refractivity contribution is 1.27. The van der Waals surface area contributed by atoms with E-state index in [1.54, 1.807) is 0 Å². The number of hydrogen-bond donors (Lipinski definition) is 0. The minimum Gasteiger partial charge on any atom is -0.147 e. The molecule has 0 heterocycles. The van der Waals surface area contributed by atoms with Crippen LogP contribution in [0.25, 0.3) is 0 Å². The van der Waals surface area contributed by atoms with Crippen LogP contribution in [0.1, 0.15) is 11.1 Å². The molecular weight excluding hydrogens is 202 g/mol. The molecule has 0 saturated carbocycles. The SMILES string of the molecule is Cl.ClCc1ccccc1CCl. The molecule has 0 aliphatic carbocycles. The van der Waals surface area contributed by atoms with E-state index in [4.69, 9.17) is 23.2 Å². The van der Waals surface area contributed by atoms with Crippen LogP contribution in [-0.2, 0) is 11.8 Å². The monoisotopic (exact) mass is 210 g/mol. The van der Waals surface area contributed by atoms with Gasteiger partial charge >= 0.3 is 0 Å². The number of rotatable bonds is 2. The van der Waals surface area contributed by atoms with Gasteiger partial charge in [0.15, 0.2) is 0 Å². The van der Waals surface area contributed by atoms with Crippen molar-refractivity contribution in [1.29, 1.82) is 0 Å². The predicted molar refractivity (Wildman–Crippen MR) is 52.8 cm³/mol. The summed E-state index contributed by atoms with van der Waals surface area (Å²) in [6, 6.07) is 7.91. The van der Waals surface area contributed by atoms with Gasteiger partial charge in [-0.1, -0.05) is 24.3 Å². The zero-order chi connectivity index (χ0) is 7.40. The number of benzene rings is 1. The van der Waals surface area contributed by atoms with Gasteiger partial charge < -0.3 is 0 Å². The average molecular weight is 212 g/mol. The van der Waals surface area contributed by atoms with Crippen molar-refractivity contribution in [3.8, 4) is 0 Å². The van der Waals surface area contributed by atoms with Crippen molar-refractivity contribution in [3.63, 3.8) is 0 Å². The summed E-state index contributed by atoms with van der Waals surface area (Å²) in [6.45, 7) is 0. The second-order valence-electron chi connectivity index (χ2n) is 2.04. The zero-order valence-electron chi connectivity index (χ0n) is 5.89. The third-order valence-electron chi connectivity index (χ3n) is 1.41. The van der Waals surface area contributed by atoms with Crippen LogP contribution < -0.4 is 0 Å². The molecule has 0 aliphatic rings. The molecule has 0 radical (unpaired) electrons. The van der Waals surface area contributed by atoms with E-state index in [-0.39, 0.29) is 12.4 Å². The molecule has 1 aromatic carbocycles. The lowest BCUT2D eigenvalue weighted by atomic mass is 10.1. The van der Waals surface area contributed by atoms with Gasteiger partial charge in [-0.05, 0) is 11.1 Å². The highest BCUT2D eigenvalue weighted by molar-refractivity contribution is 6.18. The first kappa shape index (κ1) is 11.1. The minimum absolute atomic E-state index is 0. The van der Waals surface area contributed by atoms with Crippen LogP contribution in [0, 0.1) is 0 Å². The van der Waals surface area contributed by atoms with E-state index >= 15 is 0 Å². The van der Waals surface area contributed by atoms with Crippen molar-refractivity contribution in [1.82, 2.24) is 0 Å². The van der Waals surface area contributed by atoms with E-state index in [2.05, 4.69) is 0 Å². The molecule has 0 unspecified atom stereocenters. The Labute approximate surface area is 82.9 Å². The Bertz CT molecular complexity index is 187. The fourth-order valence-electron chi connectivity index (χ4n) is 0.818. The zero-order valence-corrected chi connectivity index (χ0v) is 8.22. The summed E-state index contributed by atoms with van der Waals surface area (Å²) in [7, 11) is 0. The Morgan fingerprint density at radius 3 is 1.55 bits per heavy atom. The summed E-state index contributed by atoms with van der Waals surface area (Å²) in [5, 5.41) is 0. The Kier molecular flexibility index (Phi) is 5.75. The van der Waals surface area contributed by atoms with Crippen LogP contribution in [0.15, 0.2) is 24.3 Å². The van der Waals surface area contributed by atoms with Crippen LogP contribution in [0.3, 0.4) is 0 Å². The number of hydrogen-bond acceptors (Lipinski definition) is 0. The normalized spacial score (nSPS) is 8.91. The molecule has 0 saturated heterocycles. The summed E-state index contributed by atoms with van der Waals surface area (Å²) in [4.78, 5) is 0. The summed E-state index contributed by atoms with van der Waals surface area (Å²) < 4.78 is 0. The van der Waals surface area contributed by atoms with E-state index in [1.807, 2.05) is 24.3 Å². The Balaban J connectivity index is 0.000001000. The van der Waals surface area contributed by atoms with Gasteiger partial charge in [0, 0.05) is 11.8 Å². The molecule has 0 nitrogen and oxygen atoms in total. The van der Waals surface area contributed by atoms with E-state index in [9.17, 15) is 0 Å². The van der Waals surface area contributed by atoms with Crippen molar-refractivity contribution < 1.29 is 0 Å². The molecule has 0 aromatic heterocycles. The van der Waals surface area contributed by atoms with Crippen molar-refractivity contribution in [2.24, 2.45) is 0 Å². The highest BCUT2D eigenvalue weighted by atomic mass is 35.5. The molecule has 0 aliphatic heterocycles. The van der Waals surface area contributed by atoms with Crippen LogP contribution in [0.5, 0.6) is 0 Å². The molecule has 0 N–H and O–H groups in total. The topological polar surface area (TPSA) is 0 Å². The molecule has 3 heteroatoms. The van der Waals surface area contributed by atoms with Crippen molar-refractivity contribution in [3.05, 3.63) is 35.4 Å². The van der Waals surface area contributed by atoms with E-state index in [0.29, 0.717) is 11.8 Å². The van der Waals surface area contributed by atoms with E-state index in [0.717, 1.165) is 11.1 Å². The molecule has 0 atom stereocenters. The van der Waals surface area contributed by atoms with Gasteiger partial charge in [0.25, 0.3) is 0 Å². The molecule has 0 fully saturated rings. The lowest BCUT2D eigenvalue weighted by Crippen LogP contribution is -1.85. The Morgan fingerprint density at radius 1 is 0.909 bits per heavy atom. The fraction of sp³-hybridized carbons (Fsp3) is 0.250. The van der Waals surface area contributed by atoms with Gasteiger partial charge in [0.05, 0.1) is 0 Å². The van der Waals surface area contributed by atoms with Gasteiger partial charge in [-0.2, -0.15) is 0 Å². The van der Waals surface area contributed by atoms with Crippen LogP contribution in [0.2, 0.25) is 0 Å². The maximum absolute atomic E-state index is 5.65. The summed E-state index contributed by atoms with van der Waals surface area (Å²) in [5.41, 5.74) is 2.25. The Hall–Kier alpha value is 0.0900. The second kappa shape index (κ2) is 5.70. The second-order valence-corrected chi connectivity index (χ2v) is 2.57. The van der Waals surface area contributed by atoms with Crippen molar-refractivity contribution in [2.75, 3.05) is 0 Å². The highest BCUT2D eigenvalue weighted by Crippen LogP contribution is 2.12. The smallest absolute Gasteiger partial charge is 0.0477 e. The molecule has 62 valence electrons. The number of halogens is 3. The fourth-order valence-corrected chi connectivity index (χ4v) is 1.34. The van der Waals surface area contributed by atoms with Crippen LogP contribution in [0.4, 0.5) is 0 Å². The minimum atomic E-state index is 0. The molecule has 1 aromatic rings. The maximum Gasteiger partial charge on any atom is 0.0477 e. The third-order valence-corrected chi connectivity index (χ3v) is 1.98. The lowest BCUT2D eigenvalue weighted by Gasteiger charge is -2.00. The molecule has 0 amide bonds. The van der Waals surface area contributed by atoms with Crippen LogP contribution >= 0.6 is 35.6 Å². The van der Waals surface area contributed by atoms with Crippen molar-refractivity contribution >= 4 is 35.6 Å². The average Bonchev–Trinajstić information content (AvgIpc) is 2.04. The highest BCUT2D eigenvalue weighted by Gasteiger charge is 1.96. The van der Waals surface area contributed by atoms with Gasteiger partial charge in [0.2, 0.25) is 0 Å². The maximum atomic E-state index is 5.65. The molecular formula is C8H9Cl3. The summed E-state index contributed by atoms with van der Waals surface area (Å²) in [6.07, 6.45) is 0. The number of alkyl halides is 2. The molecule has 0 spiro atoms. The first-order chi connectivity index (χ1) is 4.88.